The van der Waals surface area contributed by atoms with Crippen molar-refractivity contribution < 1.29 is 30.7 Å². The first-order valence-corrected chi connectivity index (χ1v) is 6.11. The van der Waals surface area contributed by atoms with Crippen LogP contribution in [0.15, 0.2) is 34.9 Å². The molecule has 0 N–H and O–H groups in total. The van der Waals surface area contributed by atoms with Crippen molar-refractivity contribution >= 4 is 5.57 Å². The molecule has 1 aliphatic carbocycles. The van der Waals surface area contributed by atoms with Crippen LogP contribution in [-0.4, -0.2) is 0 Å². The zero-order valence-electron chi connectivity index (χ0n) is 11.4. The lowest BCUT2D eigenvalue weighted by Crippen LogP contribution is -2.03. The maximum absolute atomic E-state index is 14.0. The van der Waals surface area contributed by atoms with Crippen LogP contribution >= 0.6 is 0 Å². The molecule has 0 aliphatic heterocycles. The topological polar surface area (TPSA) is 0 Å². The molecule has 0 amide bonds. The average Bonchev–Trinajstić information content (AvgIpc) is 2.53. The number of hydrogen-bond donors (Lipinski definition) is 0. The number of benzene rings is 1. The molecular formula is C15H9F7. The van der Waals surface area contributed by atoms with Crippen LogP contribution in [0, 0.1) is 24.4 Å². The van der Waals surface area contributed by atoms with E-state index in [2.05, 4.69) is 0 Å². The van der Waals surface area contributed by atoms with Gasteiger partial charge in [-0.05, 0) is 25.5 Å². The van der Waals surface area contributed by atoms with Gasteiger partial charge in [0.05, 0.1) is 5.56 Å². The largest absolute Gasteiger partial charge is 0.208 e. The van der Waals surface area contributed by atoms with Crippen molar-refractivity contribution in [3.05, 3.63) is 63.5 Å². The normalized spacial score (nSPS) is 16.6. The third-order valence-electron chi connectivity index (χ3n) is 3.33. The van der Waals surface area contributed by atoms with E-state index in [-0.39, 0.29) is 0 Å². The molecular weight excluding hydrogens is 313 g/mol. The second-order valence-corrected chi connectivity index (χ2v) is 4.81. The maximum atomic E-state index is 14.0. The molecule has 0 heterocycles. The molecule has 0 fully saturated rings. The van der Waals surface area contributed by atoms with E-state index in [1.165, 1.54) is 0 Å². The summed E-state index contributed by atoms with van der Waals surface area (Å²) in [5, 5.41) is 0. The highest BCUT2D eigenvalue weighted by Gasteiger charge is 2.30. The predicted molar refractivity (Wildman–Crippen MR) is 66.7 cm³/mol. The van der Waals surface area contributed by atoms with E-state index in [1.54, 1.807) is 0 Å². The summed E-state index contributed by atoms with van der Waals surface area (Å²) in [7, 11) is 0. The van der Waals surface area contributed by atoms with Crippen LogP contribution in [0.1, 0.15) is 24.5 Å². The summed E-state index contributed by atoms with van der Waals surface area (Å²) in [5.41, 5.74) is -3.76. The van der Waals surface area contributed by atoms with Crippen LogP contribution in [0.3, 0.4) is 0 Å². The van der Waals surface area contributed by atoms with E-state index >= 15 is 0 Å². The van der Waals surface area contributed by atoms with Gasteiger partial charge in [-0.15, -0.1) is 0 Å². The molecule has 0 nitrogen and oxygen atoms in total. The summed E-state index contributed by atoms with van der Waals surface area (Å²) in [6.07, 6.45) is -1.24. The highest BCUT2D eigenvalue weighted by Crippen LogP contribution is 2.41. The van der Waals surface area contributed by atoms with E-state index in [9.17, 15) is 30.7 Å². The molecule has 1 aromatic carbocycles. The minimum Gasteiger partial charge on any atom is -0.208 e. The molecule has 0 unspecified atom stereocenters. The molecule has 0 aromatic heterocycles. The number of rotatable bonds is 1. The zero-order chi connectivity index (χ0) is 16.8. The lowest BCUT2D eigenvalue weighted by atomic mass is 9.98. The van der Waals surface area contributed by atoms with Gasteiger partial charge in [-0.2, -0.15) is 0 Å². The molecule has 0 saturated carbocycles. The van der Waals surface area contributed by atoms with E-state index in [0.29, 0.717) is 6.07 Å². The third-order valence-corrected chi connectivity index (χ3v) is 3.33. The zero-order valence-corrected chi connectivity index (χ0v) is 11.4. The van der Waals surface area contributed by atoms with Crippen molar-refractivity contribution in [3.8, 4) is 0 Å². The van der Waals surface area contributed by atoms with Crippen molar-refractivity contribution in [2.45, 2.75) is 20.3 Å². The molecule has 0 spiro atoms. The Morgan fingerprint density at radius 2 is 1.36 bits per heavy atom. The Morgan fingerprint density at radius 1 is 0.773 bits per heavy atom. The quantitative estimate of drug-likeness (QED) is 0.447. The SMILES string of the molecule is CC1=C(F)C(F)=C(c2c(F)cc(C)c(F)c2F)CC(F)=C1F. The standard InChI is InChI=1S/C15H9F7/c1-5-3-8(16)10(15(22)11(5)18)7-4-9(17)12(19)6(2)13(20)14(7)21/h3H,4H2,1-2H3. The van der Waals surface area contributed by atoms with E-state index in [4.69, 9.17) is 0 Å². The fourth-order valence-corrected chi connectivity index (χ4v) is 2.10. The number of halogens is 7. The van der Waals surface area contributed by atoms with Crippen LogP contribution in [-0.2, 0) is 0 Å². The Labute approximate surface area is 121 Å². The van der Waals surface area contributed by atoms with Crippen LogP contribution in [0.25, 0.3) is 5.57 Å². The van der Waals surface area contributed by atoms with Gasteiger partial charge in [0.15, 0.2) is 29.1 Å². The lowest BCUT2D eigenvalue weighted by molar-refractivity contribution is 0.482. The van der Waals surface area contributed by atoms with E-state index in [0.717, 1.165) is 13.8 Å². The Kier molecular flexibility index (Phi) is 4.17. The van der Waals surface area contributed by atoms with Gasteiger partial charge in [0.1, 0.15) is 11.6 Å². The second-order valence-electron chi connectivity index (χ2n) is 4.81. The number of allylic oxidation sites excluding steroid dienone is 6. The van der Waals surface area contributed by atoms with E-state index < -0.39 is 69.5 Å². The molecule has 0 radical (unpaired) electrons. The minimum atomic E-state index is -1.83. The molecule has 7 heteroatoms. The summed E-state index contributed by atoms with van der Waals surface area (Å²) in [5.74, 6) is -11.6. The monoisotopic (exact) mass is 322 g/mol. The lowest BCUT2D eigenvalue weighted by Gasteiger charge is -2.11. The summed E-state index contributed by atoms with van der Waals surface area (Å²) in [4.78, 5) is 0. The summed E-state index contributed by atoms with van der Waals surface area (Å²) < 4.78 is 96.0. The molecule has 118 valence electrons. The fraction of sp³-hybridized carbons (Fsp3) is 0.200. The van der Waals surface area contributed by atoms with Gasteiger partial charge < -0.3 is 0 Å². The summed E-state index contributed by atoms with van der Waals surface area (Å²) >= 11 is 0. The first kappa shape index (κ1) is 16.3. The highest BCUT2D eigenvalue weighted by atomic mass is 19.2. The first-order valence-electron chi connectivity index (χ1n) is 6.11. The van der Waals surface area contributed by atoms with Crippen molar-refractivity contribution in [1.29, 1.82) is 0 Å². The van der Waals surface area contributed by atoms with Gasteiger partial charge >= 0.3 is 0 Å². The molecule has 0 atom stereocenters. The molecule has 22 heavy (non-hydrogen) atoms. The number of aryl methyl sites for hydroxylation is 1. The van der Waals surface area contributed by atoms with Gasteiger partial charge in [0.25, 0.3) is 0 Å². The minimum absolute atomic E-state index is 0.400. The molecule has 1 aromatic rings. The summed E-state index contributed by atoms with van der Waals surface area (Å²) in [6, 6.07) is 0.561. The van der Waals surface area contributed by atoms with Crippen molar-refractivity contribution in [3.63, 3.8) is 0 Å². The molecule has 2 rings (SSSR count). The average molecular weight is 322 g/mol. The van der Waals surface area contributed by atoms with Gasteiger partial charge in [-0.3, -0.25) is 0 Å². The van der Waals surface area contributed by atoms with Crippen LogP contribution in [0.5, 0.6) is 0 Å². The van der Waals surface area contributed by atoms with Crippen molar-refractivity contribution in [2.24, 2.45) is 0 Å². The Morgan fingerprint density at radius 3 is 1.95 bits per heavy atom. The van der Waals surface area contributed by atoms with Crippen LogP contribution in [0.2, 0.25) is 0 Å². The smallest absolute Gasteiger partial charge is 0.169 e. The van der Waals surface area contributed by atoms with Crippen LogP contribution in [0.4, 0.5) is 30.7 Å². The van der Waals surface area contributed by atoms with Crippen LogP contribution < -0.4 is 0 Å². The molecule has 0 saturated heterocycles. The second kappa shape index (κ2) is 5.62. The maximum Gasteiger partial charge on any atom is 0.169 e. The summed E-state index contributed by atoms with van der Waals surface area (Å²) in [6.45, 7) is 1.84. The van der Waals surface area contributed by atoms with Gasteiger partial charge in [-0.1, -0.05) is 0 Å². The van der Waals surface area contributed by atoms with Gasteiger partial charge in [-0.25, -0.2) is 30.7 Å². The Balaban J connectivity index is 2.81. The molecule has 1 aliphatic rings. The first-order chi connectivity index (χ1) is 10.2. The highest BCUT2D eigenvalue weighted by molar-refractivity contribution is 5.74. The third kappa shape index (κ3) is 2.44. The Hall–Kier alpha value is -2.05. The van der Waals surface area contributed by atoms with Crippen molar-refractivity contribution in [2.75, 3.05) is 0 Å². The molecule has 0 bridgehead atoms. The fourth-order valence-electron chi connectivity index (χ4n) is 2.10. The van der Waals surface area contributed by atoms with Crippen molar-refractivity contribution in [1.82, 2.24) is 0 Å². The van der Waals surface area contributed by atoms with Gasteiger partial charge in [0.2, 0.25) is 0 Å². The number of hydrogen-bond acceptors (Lipinski definition) is 0. The predicted octanol–water partition coefficient (Wildman–Crippen LogP) is 5.89. The van der Waals surface area contributed by atoms with E-state index in [1.807, 2.05) is 0 Å². The Bertz CT molecular complexity index is 754. The van der Waals surface area contributed by atoms with Gasteiger partial charge in [0, 0.05) is 17.6 Å².